The summed E-state index contributed by atoms with van der Waals surface area (Å²) in [6.45, 7) is 3.19. The summed E-state index contributed by atoms with van der Waals surface area (Å²) in [5.74, 6) is 0.104. The molecule has 1 unspecified atom stereocenters. The molecule has 1 aliphatic rings. The number of carboxylic acids is 1. The van der Waals surface area contributed by atoms with Crippen LogP contribution in [0.5, 0.6) is 0 Å². The maximum atomic E-state index is 12.2. The van der Waals surface area contributed by atoms with Crippen LogP contribution < -0.4 is 0 Å². The molecule has 0 radical (unpaired) electrons. The minimum absolute atomic E-state index is 0.0264. The first kappa shape index (κ1) is 16.3. The smallest absolute Gasteiger partial charge is 0.305 e. The molecule has 8 heteroatoms. The molecule has 116 valence electrons. The Kier molecular flexibility index (Phi) is 6.01. The van der Waals surface area contributed by atoms with Crippen LogP contribution in [0.15, 0.2) is 5.38 Å². The summed E-state index contributed by atoms with van der Waals surface area (Å²) in [4.78, 5) is 29.0. The van der Waals surface area contributed by atoms with Crippen molar-refractivity contribution in [2.75, 3.05) is 25.5 Å². The topological polar surface area (TPSA) is 79.7 Å². The molecule has 2 heterocycles. The van der Waals surface area contributed by atoms with Gasteiger partial charge in [0.1, 0.15) is 0 Å². The molecule has 0 bridgehead atoms. The number of aliphatic carboxylic acids is 1. The lowest BCUT2D eigenvalue weighted by atomic mass is 10.1. The van der Waals surface area contributed by atoms with Crippen LogP contribution in [0.3, 0.4) is 0 Å². The number of carbonyl (C=O) groups is 2. The average Bonchev–Trinajstić information content (AvgIpc) is 2.84. The molecule has 0 saturated carbocycles. The molecule has 1 aromatic heterocycles. The zero-order valence-corrected chi connectivity index (χ0v) is 13.4. The molecule has 6 nitrogen and oxygen atoms in total. The minimum Gasteiger partial charge on any atom is -0.481 e. The predicted molar refractivity (Wildman–Crippen MR) is 81.6 cm³/mol. The molecular formula is C13H18N2O4S2. The molecule has 1 aromatic rings. The second kappa shape index (κ2) is 7.77. The van der Waals surface area contributed by atoms with Crippen LogP contribution in [0.1, 0.15) is 17.1 Å². The summed E-state index contributed by atoms with van der Waals surface area (Å²) in [5.41, 5.74) is 0.986. The zero-order valence-electron chi connectivity index (χ0n) is 11.8. The van der Waals surface area contributed by atoms with Crippen LogP contribution in [-0.4, -0.2) is 58.4 Å². The van der Waals surface area contributed by atoms with E-state index in [4.69, 9.17) is 9.84 Å². The molecule has 21 heavy (non-hydrogen) atoms. The van der Waals surface area contributed by atoms with E-state index in [0.29, 0.717) is 31.3 Å². The standard InChI is InChI=1S/C13H18N2O4S2/c1-9-14-10(7-21-9)6-20-8-12(16)15-2-3-19-5-11(15)4-13(17)18/h7,11H,2-6,8H2,1H3,(H,17,18). The van der Waals surface area contributed by atoms with Gasteiger partial charge in [-0.2, -0.15) is 0 Å². The highest BCUT2D eigenvalue weighted by Crippen LogP contribution is 2.17. The molecule has 0 spiro atoms. The van der Waals surface area contributed by atoms with Crippen LogP contribution in [-0.2, 0) is 20.1 Å². The molecule has 1 amide bonds. The van der Waals surface area contributed by atoms with Gasteiger partial charge >= 0.3 is 5.97 Å². The summed E-state index contributed by atoms with van der Waals surface area (Å²) in [6, 6.07) is -0.356. The number of thioether (sulfide) groups is 1. The lowest BCUT2D eigenvalue weighted by molar-refractivity contribution is -0.144. The number of thiazole rings is 1. The Balaban J connectivity index is 1.81. The van der Waals surface area contributed by atoms with Crippen LogP contribution in [0, 0.1) is 6.92 Å². The SMILES string of the molecule is Cc1nc(CSCC(=O)N2CCOCC2CC(=O)O)cs1. The fourth-order valence-electron chi connectivity index (χ4n) is 2.15. The molecule has 1 saturated heterocycles. The van der Waals surface area contributed by atoms with E-state index in [0.717, 1.165) is 10.7 Å². The molecular weight excluding hydrogens is 312 g/mol. The van der Waals surface area contributed by atoms with Crippen molar-refractivity contribution in [2.45, 2.75) is 25.1 Å². The third-order valence-corrected chi connectivity index (χ3v) is 4.87. The van der Waals surface area contributed by atoms with Gasteiger partial charge in [0.15, 0.2) is 0 Å². The number of morpholine rings is 1. The average molecular weight is 330 g/mol. The second-order valence-electron chi connectivity index (χ2n) is 4.76. The quantitative estimate of drug-likeness (QED) is 0.849. The highest BCUT2D eigenvalue weighted by Gasteiger charge is 2.28. The van der Waals surface area contributed by atoms with Gasteiger partial charge in [0.2, 0.25) is 5.91 Å². The normalized spacial score (nSPS) is 18.7. The summed E-state index contributed by atoms with van der Waals surface area (Å²) >= 11 is 3.10. The number of aryl methyl sites for hydroxylation is 1. The Bertz CT molecular complexity index is 506. The number of aromatic nitrogens is 1. The molecule has 1 aliphatic heterocycles. The molecule has 0 aromatic carbocycles. The minimum atomic E-state index is -0.908. The van der Waals surface area contributed by atoms with Gasteiger partial charge in [-0.3, -0.25) is 9.59 Å². The molecule has 2 rings (SSSR count). The maximum absolute atomic E-state index is 12.2. The van der Waals surface area contributed by atoms with Crippen molar-refractivity contribution in [3.63, 3.8) is 0 Å². The fraction of sp³-hybridized carbons (Fsp3) is 0.615. The number of rotatable bonds is 6. The number of hydrogen-bond donors (Lipinski definition) is 1. The van der Waals surface area contributed by atoms with E-state index in [1.54, 1.807) is 16.2 Å². The third-order valence-electron chi connectivity index (χ3n) is 3.10. The number of nitrogens with zero attached hydrogens (tertiary/aromatic N) is 2. The van der Waals surface area contributed by atoms with Gasteiger partial charge in [-0.05, 0) is 6.92 Å². The van der Waals surface area contributed by atoms with Gasteiger partial charge in [0.25, 0.3) is 0 Å². The van der Waals surface area contributed by atoms with E-state index >= 15 is 0 Å². The Morgan fingerprint density at radius 1 is 1.62 bits per heavy atom. The summed E-state index contributed by atoms with van der Waals surface area (Å²) in [6.07, 6.45) is -0.0678. The predicted octanol–water partition coefficient (Wildman–Crippen LogP) is 1.39. The Hall–Kier alpha value is -1.12. The molecule has 1 atom stereocenters. The third kappa shape index (κ3) is 4.98. The van der Waals surface area contributed by atoms with Crippen LogP contribution >= 0.6 is 23.1 Å². The van der Waals surface area contributed by atoms with Crippen molar-refractivity contribution in [1.29, 1.82) is 0 Å². The first-order chi connectivity index (χ1) is 10.1. The van der Waals surface area contributed by atoms with Gasteiger partial charge in [-0.15, -0.1) is 23.1 Å². The largest absolute Gasteiger partial charge is 0.481 e. The summed E-state index contributed by atoms with van der Waals surface area (Å²) in [7, 11) is 0. The van der Waals surface area contributed by atoms with Gasteiger partial charge in [0, 0.05) is 17.7 Å². The van der Waals surface area contributed by atoms with E-state index in [2.05, 4.69) is 4.98 Å². The lowest BCUT2D eigenvalue weighted by Gasteiger charge is -2.34. The number of hydrogen-bond acceptors (Lipinski definition) is 6. The van der Waals surface area contributed by atoms with E-state index in [9.17, 15) is 9.59 Å². The van der Waals surface area contributed by atoms with Crippen molar-refractivity contribution in [2.24, 2.45) is 0 Å². The van der Waals surface area contributed by atoms with E-state index in [-0.39, 0.29) is 18.4 Å². The van der Waals surface area contributed by atoms with Crippen molar-refractivity contribution in [3.05, 3.63) is 16.1 Å². The number of carboxylic acid groups (broad SMARTS) is 1. The Labute approximate surface area is 131 Å². The zero-order chi connectivity index (χ0) is 15.2. The number of ether oxygens (including phenoxy) is 1. The first-order valence-corrected chi connectivity index (χ1v) is 8.67. The highest BCUT2D eigenvalue weighted by atomic mass is 32.2. The Morgan fingerprint density at radius 2 is 2.43 bits per heavy atom. The highest BCUT2D eigenvalue weighted by molar-refractivity contribution is 7.99. The van der Waals surface area contributed by atoms with Crippen molar-refractivity contribution in [1.82, 2.24) is 9.88 Å². The molecule has 1 fully saturated rings. The summed E-state index contributed by atoms with van der Waals surface area (Å²) < 4.78 is 5.27. The van der Waals surface area contributed by atoms with Crippen LogP contribution in [0.4, 0.5) is 0 Å². The van der Waals surface area contributed by atoms with Crippen LogP contribution in [0.2, 0.25) is 0 Å². The fourth-order valence-corrected chi connectivity index (χ4v) is 3.67. The van der Waals surface area contributed by atoms with Crippen molar-refractivity contribution >= 4 is 35.0 Å². The van der Waals surface area contributed by atoms with Crippen LogP contribution in [0.25, 0.3) is 0 Å². The van der Waals surface area contributed by atoms with Crippen molar-refractivity contribution in [3.8, 4) is 0 Å². The Morgan fingerprint density at radius 3 is 3.10 bits per heavy atom. The molecule has 1 N–H and O–H groups in total. The molecule has 0 aliphatic carbocycles. The van der Waals surface area contributed by atoms with Gasteiger partial charge in [-0.1, -0.05) is 0 Å². The number of amides is 1. The van der Waals surface area contributed by atoms with Crippen molar-refractivity contribution < 1.29 is 19.4 Å². The maximum Gasteiger partial charge on any atom is 0.305 e. The van der Waals surface area contributed by atoms with E-state index < -0.39 is 5.97 Å². The van der Waals surface area contributed by atoms with E-state index in [1.807, 2.05) is 12.3 Å². The number of carbonyl (C=O) groups excluding carboxylic acids is 1. The first-order valence-electron chi connectivity index (χ1n) is 6.64. The van der Waals surface area contributed by atoms with E-state index in [1.165, 1.54) is 11.8 Å². The van der Waals surface area contributed by atoms with Gasteiger partial charge in [-0.25, -0.2) is 4.98 Å². The van der Waals surface area contributed by atoms with Gasteiger partial charge in [0.05, 0.1) is 42.1 Å². The summed E-state index contributed by atoms with van der Waals surface area (Å²) in [5, 5.41) is 11.9. The van der Waals surface area contributed by atoms with Gasteiger partial charge < -0.3 is 14.7 Å². The monoisotopic (exact) mass is 330 g/mol. The lowest BCUT2D eigenvalue weighted by Crippen LogP contribution is -2.50. The second-order valence-corrected chi connectivity index (χ2v) is 6.81.